The molecule has 2 aromatic carbocycles. The average molecular weight is 465 g/mol. The van der Waals surface area contributed by atoms with Crippen molar-refractivity contribution in [2.24, 2.45) is 0 Å². The molecule has 4 aromatic rings. The summed E-state index contributed by atoms with van der Waals surface area (Å²) < 4.78 is 11.9. The molecular weight excluding hydrogens is 440 g/mol. The van der Waals surface area contributed by atoms with Crippen molar-refractivity contribution in [2.45, 2.75) is 13.1 Å². The molecule has 5 rings (SSSR count). The number of benzene rings is 2. The van der Waals surface area contributed by atoms with Crippen molar-refractivity contribution in [1.82, 2.24) is 19.4 Å². The molecule has 0 aliphatic carbocycles. The molecule has 0 saturated carbocycles. The number of rotatable bonds is 6. The summed E-state index contributed by atoms with van der Waals surface area (Å²) in [5.74, 6) is 0.256. The smallest absolute Gasteiger partial charge is 0.420 e. The third-order valence-corrected chi connectivity index (χ3v) is 6.72. The number of methoxy groups -OCH3 is 1. The lowest BCUT2D eigenvalue weighted by Gasteiger charge is -2.34. The summed E-state index contributed by atoms with van der Waals surface area (Å²) in [6, 6.07) is 15.0. The Labute approximate surface area is 194 Å². The number of hydrogen-bond acceptors (Lipinski definition) is 7. The molecule has 1 fully saturated rings. The van der Waals surface area contributed by atoms with Crippen LogP contribution in [0.1, 0.15) is 5.01 Å². The normalized spacial score (nSPS) is 14.6. The second-order valence-corrected chi connectivity index (χ2v) is 8.88. The van der Waals surface area contributed by atoms with Gasteiger partial charge in [-0.3, -0.25) is 14.3 Å². The molecule has 1 amide bonds. The van der Waals surface area contributed by atoms with E-state index in [4.69, 9.17) is 14.1 Å². The Balaban J connectivity index is 1.17. The van der Waals surface area contributed by atoms with Crippen molar-refractivity contribution in [3.05, 3.63) is 69.5 Å². The van der Waals surface area contributed by atoms with Gasteiger partial charge < -0.3 is 14.1 Å². The van der Waals surface area contributed by atoms with E-state index in [1.807, 2.05) is 35.2 Å². The van der Waals surface area contributed by atoms with Gasteiger partial charge in [0, 0.05) is 37.1 Å². The topological polar surface area (TPSA) is 80.8 Å². The molecular formula is C24H24N4O4S. The predicted octanol–water partition coefficient (Wildman–Crippen LogP) is 3.07. The van der Waals surface area contributed by atoms with Crippen LogP contribution in [0.25, 0.3) is 22.4 Å². The van der Waals surface area contributed by atoms with E-state index in [1.54, 1.807) is 36.6 Å². The van der Waals surface area contributed by atoms with E-state index in [2.05, 4.69) is 10.3 Å². The molecule has 2 aromatic heterocycles. The fourth-order valence-corrected chi connectivity index (χ4v) is 4.87. The van der Waals surface area contributed by atoms with E-state index in [0.29, 0.717) is 24.2 Å². The minimum atomic E-state index is -0.500. The number of ether oxygens (including phenoxy) is 1. The molecule has 170 valence electrons. The molecule has 1 aliphatic rings. The predicted molar refractivity (Wildman–Crippen MR) is 126 cm³/mol. The molecule has 0 bridgehead atoms. The highest BCUT2D eigenvalue weighted by Crippen LogP contribution is 2.25. The molecule has 1 saturated heterocycles. The van der Waals surface area contributed by atoms with Crippen LogP contribution in [0, 0.1) is 0 Å². The van der Waals surface area contributed by atoms with Crippen LogP contribution in [0.15, 0.2) is 63.1 Å². The lowest BCUT2D eigenvalue weighted by Crippen LogP contribution is -2.49. The van der Waals surface area contributed by atoms with Gasteiger partial charge in [0.15, 0.2) is 5.58 Å². The number of nitrogens with zero attached hydrogens (tertiary/aromatic N) is 4. The van der Waals surface area contributed by atoms with Gasteiger partial charge in [-0.2, -0.15) is 0 Å². The van der Waals surface area contributed by atoms with Gasteiger partial charge in [0.1, 0.15) is 17.3 Å². The van der Waals surface area contributed by atoms with Gasteiger partial charge in [-0.05, 0) is 36.4 Å². The van der Waals surface area contributed by atoms with Gasteiger partial charge in [-0.15, -0.1) is 11.3 Å². The summed E-state index contributed by atoms with van der Waals surface area (Å²) in [4.78, 5) is 33.9. The first-order chi connectivity index (χ1) is 16.1. The van der Waals surface area contributed by atoms with Gasteiger partial charge in [-0.1, -0.05) is 12.1 Å². The Kier molecular flexibility index (Phi) is 5.97. The summed E-state index contributed by atoms with van der Waals surface area (Å²) in [7, 11) is 1.66. The van der Waals surface area contributed by atoms with Crippen molar-refractivity contribution >= 4 is 28.3 Å². The van der Waals surface area contributed by atoms with Crippen molar-refractivity contribution in [2.75, 3.05) is 33.3 Å². The van der Waals surface area contributed by atoms with Crippen molar-refractivity contribution < 1.29 is 13.9 Å². The van der Waals surface area contributed by atoms with Crippen LogP contribution in [0.2, 0.25) is 0 Å². The number of oxazole rings is 1. The Morgan fingerprint density at radius 3 is 2.61 bits per heavy atom. The van der Waals surface area contributed by atoms with Gasteiger partial charge in [0.25, 0.3) is 0 Å². The van der Waals surface area contributed by atoms with Crippen LogP contribution in [-0.4, -0.2) is 58.5 Å². The number of amides is 1. The number of aromatic nitrogens is 2. The maximum atomic E-state index is 12.8. The largest absolute Gasteiger partial charge is 0.497 e. The summed E-state index contributed by atoms with van der Waals surface area (Å²) >= 11 is 1.65. The van der Waals surface area contributed by atoms with Crippen LogP contribution in [0.3, 0.4) is 0 Å². The highest BCUT2D eigenvalue weighted by molar-refractivity contribution is 7.09. The minimum Gasteiger partial charge on any atom is -0.497 e. The highest BCUT2D eigenvalue weighted by Gasteiger charge is 2.23. The number of carbonyl (C=O) groups is 1. The van der Waals surface area contributed by atoms with E-state index in [0.717, 1.165) is 41.6 Å². The zero-order valence-corrected chi connectivity index (χ0v) is 19.1. The zero-order chi connectivity index (χ0) is 22.8. The van der Waals surface area contributed by atoms with Crippen molar-refractivity contribution in [1.29, 1.82) is 0 Å². The van der Waals surface area contributed by atoms with E-state index >= 15 is 0 Å². The second kappa shape index (κ2) is 9.21. The molecule has 8 nitrogen and oxygen atoms in total. The number of thiazole rings is 1. The Hall–Kier alpha value is -3.43. The Morgan fingerprint density at radius 2 is 1.85 bits per heavy atom. The lowest BCUT2D eigenvalue weighted by molar-refractivity contribution is -0.133. The maximum Gasteiger partial charge on any atom is 0.420 e. The fraction of sp³-hybridized carbons (Fsp3) is 0.292. The van der Waals surface area contributed by atoms with Crippen LogP contribution < -0.4 is 10.5 Å². The first-order valence-electron chi connectivity index (χ1n) is 10.8. The fourth-order valence-electron chi connectivity index (χ4n) is 4.02. The van der Waals surface area contributed by atoms with E-state index in [9.17, 15) is 9.59 Å². The molecule has 0 radical (unpaired) electrons. The number of hydrogen-bond donors (Lipinski definition) is 0. The minimum absolute atomic E-state index is 0.00640. The Bertz CT molecular complexity index is 1320. The molecule has 0 spiro atoms. The number of fused-ring (bicyclic) bond motifs is 1. The molecule has 0 unspecified atom stereocenters. The third kappa shape index (κ3) is 4.55. The first kappa shape index (κ1) is 21.4. The van der Waals surface area contributed by atoms with Crippen molar-refractivity contribution in [3.8, 4) is 17.0 Å². The highest BCUT2D eigenvalue weighted by atomic mass is 32.1. The molecule has 0 N–H and O–H groups in total. The van der Waals surface area contributed by atoms with Crippen LogP contribution in [0.5, 0.6) is 5.75 Å². The first-order valence-corrected chi connectivity index (χ1v) is 11.7. The van der Waals surface area contributed by atoms with Crippen LogP contribution >= 0.6 is 11.3 Å². The summed E-state index contributed by atoms with van der Waals surface area (Å²) in [5, 5.41) is 3.13. The molecule has 9 heteroatoms. The quantitative estimate of drug-likeness (QED) is 0.436. The number of piperazine rings is 1. The number of carbonyl (C=O) groups excluding carboxylic acids is 1. The molecule has 3 heterocycles. The SMILES string of the molecule is COc1ccc(-c2csc(CN3CCN(C(=O)Cn4c(=O)oc5ccccc54)CC3)n2)cc1. The zero-order valence-electron chi connectivity index (χ0n) is 18.3. The van der Waals surface area contributed by atoms with Gasteiger partial charge in [-0.25, -0.2) is 9.78 Å². The number of para-hydroxylation sites is 2. The molecule has 33 heavy (non-hydrogen) atoms. The van der Waals surface area contributed by atoms with E-state index < -0.39 is 5.76 Å². The summed E-state index contributed by atoms with van der Waals surface area (Å²) in [5.41, 5.74) is 3.17. The monoisotopic (exact) mass is 464 g/mol. The maximum absolute atomic E-state index is 12.8. The molecule has 1 aliphatic heterocycles. The van der Waals surface area contributed by atoms with Crippen LogP contribution in [-0.2, 0) is 17.9 Å². The lowest BCUT2D eigenvalue weighted by atomic mass is 10.2. The summed E-state index contributed by atoms with van der Waals surface area (Å²) in [6.07, 6.45) is 0. The standard InChI is InChI=1S/C24H24N4O4S/c1-31-18-8-6-17(7-9-18)19-16-33-22(25-19)14-26-10-12-27(13-11-26)23(29)15-28-20-4-2-3-5-21(20)32-24(28)30/h2-9,16H,10-15H2,1H3. The van der Waals surface area contributed by atoms with E-state index in [1.165, 1.54) is 4.57 Å². The Morgan fingerprint density at radius 1 is 1.09 bits per heavy atom. The van der Waals surface area contributed by atoms with Crippen molar-refractivity contribution in [3.63, 3.8) is 0 Å². The average Bonchev–Trinajstić information content (AvgIpc) is 3.44. The second-order valence-electron chi connectivity index (χ2n) is 7.93. The third-order valence-electron chi connectivity index (χ3n) is 5.89. The van der Waals surface area contributed by atoms with Crippen LogP contribution in [0.4, 0.5) is 0 Å². The van der Waals surface area contributed by atoms with E-state index in [-0.39, 0.29) is 12.5 Å². The van der Waals surface area contributed by atoms with Gasteiger partial charge in [0.05, 0.1) is 24.9 Å². The summed E-state index contributed by atoms with van der Waals surface area (Å²) in [6.45, 7) is 3.54. The van der Waals surface area contributed by atoms with Gasteiger partial charge >= 0.3 is 5.76 Å². The van der Waals surface area contributed by atoms with Gasteiger partial charge in [0.2, 0.25) is 5.91 Å². The molecule has 0 atom stereocenters.